The van der Waals surface area contributed by atoms with Crippen molar-refractivity contribution in [3.63, 3.8) is 0 Å². The van der Waals surface area contributed by atoms with Crippen molar-refractivity contribution in [2.45, 2.75) is 70.5 Å². The molecule has 166 valence electrons. The van der Waals surface area contributed by atoms with Crippen molar-refractivity contribution in [2.24, 2.45) is 11.8 Å². The molecule has 1 aromatic carbocycles. The normalized spacial score (nSPS) is 21.7. The molecular weight excluding hydrogens is 406 g/mol. The highest BCUT2D eigenvalue weighted by molar-refractivity contribution is 7.92. The molecule has 0 bridgehead atoms. The molecule has 1 N–H and O–H groups in total. The fourth-order valence-electron chi connectivity index (χ4n) is 3.83. The lowest BCUT2D eigenvalue weighted by Crippen LogP contribution is -2.34. The molecule has 0 aromatic heterocycles. The van der Waals surface area contributed by atoms with Crippen LogP contribution >= 0.6 is 0 Å². The van der Waals surface area contributed by atoms with Crippen LogP contribution in [0, 0.1) is 11.8 Å². The summed E-state index contributed by atoms with van der Waals surface area (Å²) in [4.78, 5) is 0. The molecule has 1 atom stereocenters. The molecular formula is C22H36NO4S2-. The Morgan fingerprint density at radius 1 is 1.07 bits per heavy atom. The number of hydrogen-bond donors (Lipinski definition) is 1. The molecule has 29 heavy (non-hydrogen) atoms. The van der Waals surface area contributed by atoms with Gasteiger partial charge in [0.2, 0.25) is 0 Å². The minimum atomic E-state index is -3.02. The van der Waals surface area contributed by atoms with Crippen molar-refractivity contribution in [3.05, 3.63) is 29.8 Å². The number of anilines is 1. The molecule has 0 saturated heterocycles. The summed E-state index contributed by atoms with van der Waals surface area (Å²) in [5.41, 5.74) is 2.33. The van der Waals surface area contributed by atoms with E-state index in [1.807, 2.05) is 0 Å². The van der Waals surface area contributed by atoms with Crippen molar-refractivity contribution in [1.82, 2.24) is 0 Å². The molecule has 1 aromatic rings. The third-order valence-electron chi connectivity index (χ3n) is 5.97. The minimum absolute atomic E-state index is 0.190. The van der Waals surface area contributed by atoms with Gasteiger partial charge in [0.05, 0.1) is 10.5 Å². The van der Waals surface area contributed by atoms with Gasteiger partial charge in [0.15, 0.2) is 9.84 Å². The zero-order chi connectivity index (χ0) is 21.5. The molecule has 1 fully saturated rings. The highest BCUT2D eigenvalue weighted by atomic mass is 32.2. The van der Waals surface area contributed by atoms with Gasteiger partial charge in [-0.1, -0.05) is 36.1 Å². The summed E-state index contributed by atoms with van der Waals surface area (Å²) >= 11 is -1.96. The van der Waals surface area contributed by atoms with Gasteiger partial charge in [0, 0.05) is 18.0 Å². The summed E-state index contributed by atoms with van der Waals surface area (Å²) in [6.45, 7) is 6.04. The molecule has 0 aliphatic heterocycles. The van der Waals surface area contributed by atoms with Crippen LogP contribution in [0.25, 0.3) is 0 Å². The molecule has 0 radical (unpaired) electrons. The Hall–Kier alpha value is -0.920. The van der Waals surface area contributed by atoms with Crippen molar-refractivity contribution in [1.29, 1.82) is 0 Å². The highest BCUT2D eigenvalue weighted by Gasteiger charge is 2.33. The van der Waals surface area contributed by atoms with E-state index in [9.17, 15) is 17.2 Å². The van der Waals surface area contributed by atoms with Crippen LogP contribution in [0.5, 0.6) is 0 Å². The molecule has 1 unspecified atom stereocenters. The van der Waals surface area contributed by atoms with Crippen LogP contribution in [0.2, 0.25) is 0 Å². The molecule has 5 nitrogen and oxygen atoms in total. The van der Waals surface area contributed by atoms with Gasteiger partial charge >= 0.3 is 0 Å². The zero-order valence-corrected chi connectivity index (χ0v) is 19.6. The summed E-state index contributed by atoms with van der Waals surface area (Å²) in [6.07, 6.45) is 7.12. The predicted octanol–water partition coefficient (Wildman–Crippen LogP) is 4.32. The van der Waals surface area contributed by atoms with Gasteiger partial charge in [-0.3, -0.25) is 4.21 Å². The quantitative estimate of drug-likeness (QED) is 0.431. The monoisotopic (exact) mass is 442 g/mol. The number of nitrogens with one attached hydrogen (secondary N) is 1. The van der Waals surface area contributed by atoms with E-state index in [1.165, 1.54) is 5.56 Å². The first-order chi connectivity index (χ1) is 13.6. The van der Waals surface area contributed by atoms with Crippen molar-refractivity contribution in [2.75, 3.05) is 23.4 Å². The van der Waals surface area contributed by atoms with Crippen molar-refractivity contribution < 1.29 is 17.2 Å². The lowest BCUT2D eigenvalue weighted by molar-refractivity contribution is 0.278. The zero-order valence-electron chi connectivity index (χ0n) is 18.0. The van der Waals surface area contributed by atoms with E-state index in [0.717, 1.165) is 44.2 Å². The van der Waals surface area contributed by atoms with E-state index in [-0.39, 0.29) is 5.75 Å². The summed E-state index contributed by atoms with van der Waals surface area (Å²) in [5.74, 6) is 1.53. The number of benzene rings is 1. The van der Waals surface area contributed by atoms with E-state index >= 15 is 0 Å². The lowest BCUT2D eigenvalue weighted by atomic mass is 9.80. The van der Waals surface area contributed by atoms with Crippen LogP contribution in [0.15, 0.2) is 24.3 Å². The van der Waals surface area contributed by atoms with Crippen molar-refractivity contribution in [3.8, 4) is 0 Å². The van der Waals surface area contributed by atoms with E-state index in [4.69, 9.17) is 0 Å². The van der Waals surface area contributed by atoms with Gasteiger partial charge in [0.25, 0.3) is 0 Å². The van der Waals surface area contributed by atoms with Crippen LogP contribution in [0.4, 0.5) is 5.69 Å². The van der Waals surface area contributed by atoms with Crippen molar-refractivity contribution >= 4 is 26.6 Å². The second kappa shape index (κ2) is 10.9. The second-order valence-electron chi connectivity index (χ2n) is 9.30. The topological polar surface area (TPSA) is 86.3 Å². The number of sulfone groups is 1. The Labute approximate surface area is 179 Å². The summed E-state index contributed by atoms with van der Waals surface area (Å²) < 4.78 is 45.2. The standard InChI is InChI=1S/C22H37NO4S2/c1-22(2,3)29(26,27)17-20-9-7-18(8-10-20)5-6-19-11-13-21(14-12-19)23-15-4-16-28(24)25/h11-14,18,20,23H,4-10,15-17H2,1-3H3,(H,24,25)/p-1. The van der Waals surface area contributed by atoms with Gasteiger partial charge in [-0.25, -0.2) is 8.42 Å². The van der Waals surface area contributed by atoms with Gasteiger partial charge in [0.1, 0.15) is 0 Å². The Bertz CT molecular complexity index is 746. The average Bonchev–Trinajstić information content (AvgIpc) is 2.64. The molecule has 1 saturated carbocycles. The Balaban J connectivity index is 1.69. The summed E-state index contributed by atoms with van der Waals surface area (Å²) in [7, 11) is -3.02. The number of rotatable bonds is 10. The molecule has 0 amide bonds. The molecule has 0 spiro atoms. The smallest absolute Gasteiger partial charge is 0.155 e. The Morgan fingerprint density at radius 2 is 1.66 bits per heavy atom. The summed E-state index contributed by atoms with van der Waals surface area (Å²) in [5, 5.41) is 3.24. The maximum absolute atomic E-state index is 12.4. The number of hydrogen-bond acceptors (Lipinski definition) is 5. The first kappa shape index (κ1) is 24.4. The first-order valence-electron chi connectivity index (χ1n) is 10.7. The van der Waals surface area contributed by atoms with Crippen LogP contribution in [-0.4, -0.2) is 40.0 Å². The Kier molecular flexibility index (Phi) is 9.16. The maximum Gasteiger partial charge on any atom is 0.155 e. The van der Waals surface area contributed by atoms with Gasteiger partial charge in [-0.05, 0) is 82.4 Å². The minimum Gasteiger partial charge on any atom is -0.772 e. The van der Waals surface area contributed by atoms with Crippen LogP contribution < -0.4 is 5.32 Å². The van der Waals surface area contributed by atoms with Crippen LogP contribution in [0.3, 0.4) is 0 Å². The third kappa shape index (κ3) is 8.38. The van der Waals surface area contributed by atoms with Gasteiger partial charge < -0.3 is 9.87 Å². The first-order valence-corrected chi connectivity index (χ1v) is 13.6. The molecule has 1 aliphatic rings. The van der Waals surface area contributed by atoms with Crippen LogP contribution in [0.1, 0.15) is 64.9 Å². The van der Waals surface area contributed by atoms with E-state index in [1.54, 1.807) is 20.8 Å². The lowest BCUT2D eigenvalue weighted by Gasteiger charge is -2.30. The van der Waals surface area contributed by atoms with E-state index in [2.05, 4.69) is 29.6 Å². The van der Waals surface area contributed by atoms with Gasteiger partial charge in [-0.15, -0.1) is 0 Å². The fraction of sp³-hybridized carbons (Fsp3) is 0.727. The number of aryl methyl sites for hydroxylation is 1. The van der Waals surface area contributed by atoms with E-state index in [0.29, 0.717) is 30.6 Å². The fourth-order valence-corrected chi connectivity index (χ4v) is 5.66. The SMILES string of the molecule is CC(C)(C)S(=O)(=O)CC1CCC(CCc2ccc(NCCCS(=O)[O-])cc2)CC1. The largest absolute Gasteiger partial charge is 0.772 e. The Morgan fingerprint density at radius 3 is 2.21 bits per heavy atom. The maximum atomic E-state index is 12.4. The highest BCUT2D eigenvalue weighted by Crippen LogP contribution is 2.34. The molecule has 1 aliphatic carbocycles. The molecule has 2 rings (SSSR count). The molecule has 7 heteroatoms. The van der Waals surface area contributed by atoms with Gasteiger partial charge in [-0.2, -0.15) is 0 Å². The molecule has 0 heterocycles. The van der Waals surface area contributed by atoms with E-state index < -0.39 is 25.7 Å². The van der Waals surface area contributed by atoms with Crippen LogP contribution in [-0.2, 0) is 27.3 Å². The third-order valence-corrected chi connectivity index (χ3v) is 9.36. The predicted molar refractivity (Wildman–Crippen MR) is 121 cm³/mol. The average molecular weight is 443 g/mol. The summed E-state index contributed by atoms with van der Waals surface area (Å²) in [6, 6.07) is 8.38. The second-order valence-corrected chi connectivity index (χ2v) is 13.1.